The van der Waals surface area contributed by atoms with Crippen LogP contribution < -0.4 is 5.32 Å². The van der Waals surface area contributed by atoms with Crippen molar-refractivity contribution < 1.29 is 22.8 Å². The maximum Gasteiger partial charge on any atom is 0.454 e. The van der Waals surface area contributed by atoms with E-state index < -0.39 is 30.0 Å². The van der Waals surface area contributed by atoms with Crippen LogP contribution in [-0.2, 0) is 4.79 Å². The van der Waals surface area contributed by atoms with E-state index in [1.165, 1.54) is 6.07 Å². The molecule has 1 aromatic carbocycles. The molecule has 6 nitrogen and oxygen atoms in total. The fourth-order valence-corrected chi connectivity index (χ4v) is 1.42. The van der Waals surface area contributed by atoms with Crippen LogP contribution in [0.25, 0.3) is 10.4 Å². The van der Waals surface area contributed by atoms with Gasteiger partial charge in [-0.15, -0.1) is 0 Å². The van der Waals surface area contributed by atoms with Crippen molar-refractivity contribution >= 4 is 29.0 Å². The molecule has 0 aliphatic heterocycles. The van der Waals surface area contributed by atoms with Crippen molar-refractivity contribution in [3.05, 3.63) is 39.2 Å². The first kappa shape index (κ1) is 15.8. The van der Waals surface area contributed by atoms with Gasteiger partial charge in [0, 0.05) is 9.93 Å². The molecule has 1 N–H and O–H groups in total. The third-order valence-corrected chi connectivity index (χ3v) is 2.27. The molecular weight excluding hydrogens is 301 g/mol. The van der Waals surface area contributed by atoms with E-state index in [0.717, 1.165) is 12.1 Å². The first-order valence-corrected chi connectivity index (χ1v) is 5.35. The van der Waals surface area contributed by atoms with Crippen molar-refractivity contribution in [2.45, 2.75) is 6.18 Å². The highest BCUT2D eigenvalue weighted by Crippen LogP contribution is 2.28. The van der Waals surface area contributed by atoms with Crippen molar-refractivity contribution in [1.29, 1.82) is 0 Å². The number of alkyl halides is 3. The van der Waals surface area contributed by atoms with E-state index in [1.807, 2.05) is 5.32 Å². The van der Waals surface area contributed by atoms with Crippen LogP contribution in [0.2, 0.25) is 5.02 Å². The summed E-state index contributed by atoms with van der Waals surface area (Å²) in [6.07, 6.45) is -5.10. The standard InChI is InChI=1S/C10H6ClF3N4O2/c11-5-1-2-7(17-8(19)4-16-18-15)6(3-5)9(20)10(12,13)14/h1-3H,4H2,(H,17,19). The molecular formula is C10H6ClF3N4O2. The van der Waals surface area contributed by atoms with Crippen LogP contribution in [-0.4, -0.2) is 24.4 Å². The molecule has 1 amide bonds. The molecule has 10 heteroatoms. The van der Waals surface area contributed by atoms with E-state index in [0.29, 0.717) is 0 Å². The first-order chi connectivity index (χ1) is 9.25. The van der Waals surface area contributed by atoms with Crippen molar-refractivity contribution in [3.63, 3.8) is 0 Å². The summed E-state index contributed by atoms with van der Waals surface area (Å²) in [5, 5.41) is 4.89. The number of hydrogen-bond acceptors (Lipinski definition) is 3. The van der Waals surface area contributed by atoms with Crippen LogP contribution >= 0.6 is 11.6 Å². The summed E-state index contributed by atoms with van der Waals surface area (Å²) in [5.74, 6) is -3.00. The molecule has 0 fully saturated rings. The smallest absolute Gasteiger partial charge is 0.325 e. The predicted octanol–water partition coefficient (Wildman–Crippen LogP) is 3.33. The summed E-state index contributed by atoms with van der Waals surface area (Å²) in [6, 6.07) is 3.05. The number of carbonyl (C=O) groups is 2. The summed E-state index contributed by atoms with van der Waals surface area (Å²) in [4.78, 5) is 24.8. The molecule has 1 aromatic rings. The number of carbonyl (C=O) groups excluding carboxylic acids is 2. The number of nitrogens with zero attached hydrogens (tertiary/aromatic N) is 3. The fraction of sp³-hybridized carbons (Fsp3) is 0.200. The van der Waals surface area contributed by atoms with Gasteiger partial charge in [-0.05, 0) is 23.7 Å². The zero-order valence-corrected chi connectivity index (χ0v) is 10.4. The van der Waals surface area contributed by atoms with Crippen molar-refractivity contribution in [2.75, 3.05) is 11.9 Å². The quantitative estimate of drug-likeness (QED) is 0.399. The molecule has 0 heterocycles. The Balaban J connectivity index is 3.11. The largest absolute Gasteiger partial charge is 0.454 e. The maximum atomic E-state index is 12.4. The predicted molar refractivity (Wildman–Crippen MR) is 64.5 cm³/mol. The van der Waals surface area contributed by atoms with Gasteiger partial charge < -0.3 is 5.32 Å². The van der Waals surface area contributed by atoms with Crippen LogP contribution in [0.15, 0.2) is 23.3 Å². The molecule has 0 aromatic heterocycles. The molecule has 0 spiro atoms. The SMILES string of the molecule is [N-]=[N+]=NCC(=O)Nc1ccc(Cl)cc1C(=O)C(F)(F)F. The molecule has 0 saturated heterocycles. The number of azide groups is 1. The normalized spacial score (nSPS) is 10.6. The summed E-state index contributed by atoms with van der Waals surface area (Å²) in [7, 11) is 0. The van der Waals surface area contributed by atoms with E-state index in [4.69, 9.17) is 17.1 Å². The van der Waals surface area contributed by atoms with Crippen molar-refractivity contribution in [3.8, 4) is 0 Å². The Hall–Kier alpha value is -2.25. The number of Topliss-reactive ketones (excluding diaryl/α,β-unsaturated/α-hetero) is 1. The van der Waals surface area contributed by atoms with Crippen LogP contribution in [0.1, 0.15) is 10.4 Å². The van der Waals surface area contributed by atoms with Gasteiger partial charge in [0.15, 0.2) is 0 Å². The van der Waals surface area contributed by atoms with Crippen LogP contribution in [0, 0.1) is 0 Å². The summed E-state index contributed by atoms with van der Waals surface area (Å²) in [5.41, 5.74) is 6.87. The Morgan fingerprint density at radius 2 is 2.05 bits per heavy atom. The highest BCUT2D eigenvalue weighted by molar-refractivity contribution is 6.31. The second-order valence-corrected chi connectivity index (χ2v) is 3.89. The lowest BCUT2D eigenvalue weighted by atomic mass is 10.1. The number of amides is 1. The lowest BCUT2D eigenvalue weighted by Crippen LogP contribution is -2.25. The van der Waals surface area contributed by atoms with Gasteiger partial charge in [0.25, 0.3) is 5.78 Å². The van der Waals surface area contributed by atoms with Gasteiger partial charge in [0.1, 0.15) is 6.54 Å². The monoisotopic (exact) mass is 306 g/mol. The molecule has 0 unspecified atom stereocenters. The van der Waals surface area contributed by atoms with E-state index in [9.17, 15) is 22.8 Å². The topological polar surface area (TPSA) is 94.9 Å². The van der Waals surface area contributed by atoms with E-state index >= 15 is 0 Å². The van der Waals surface area contributed by atoms with Gasteiger partial charge in [-0.1, -0.05) is 16.7 Å². The average molecular weight is 307 g/mol. The van der Waals surface area contributed by atoms with Crippen LogP contribution in [0.3, 0.4) is 0 Å². The third-order valence-electron chi connectivity index (χ3n) is 2.04. The van der Waals surface area contributed by atoms with Gasteiger partial charge in [0.05, 0.1) is 11.3 Å². The Morgan fingerprint density at radius 1 is 1.40 bits per heavy atom. The molecule has 0 radical (unpaired) electrons. The van der Waals surface area contributed by atoms with Gasteiger partial charge in [0.2, 0.25) is 5.91 Å². The number of ketones is 1. The van der Waals surface area contributed by atoms with Gasteiger partial charge in [-0.2, -0.15) is 13.2 Å². The molecule has 20 heavy (non-hydrogen) atoms. The number of hydrogen-bond donors (Lipinski definition) is 1. The average Bonchev–Trinajstić information content (AvgIpc) is 2.36. The Labute approximate surface area is 115 Å². The number of rotatable bonds is 4. The zero-order chi connectivity index (χ0) is 15.3. The minimum absolute atomic E-state index is 0.0920. The van der Waals surface area contributed by atoms with E-state index in [1.54, 1.807) is 0 Å². The minimum atomic E-state index is -5.10. The van der Waals surface area contributed by atoms with Gasteiger partial charge >= 0.3 is 6.18 Å². The van der Waals surface area contributed by atoms with Gasteiger partial charge in [-0.3, -0.25) is 9.59 Å². The highest BCUT2D eigenvalue weighted by Gasteiger charge is 2.40. The van der Waals surface area contributed by atoms with Gasteiger partial charge in [-0.25, -0.2) is 0 Å². The Morgan fingerprint density at radius 3 is 2.60 bits per heavy atom. The molecule has 0 aliphatic rings. The molecule has 0 aliphatic carbocycles. The number of benzene rings is 1. The molecule has 0 bridgehead atoms. The number of anilines is 1. The Bertz CT molecular complexity index is 597. The molecule has 0 saturated carbocycles. The number of halogens is 4. The van der Waals surface area contributed by atoms with Crippen molar-refractivity contribution in [2.24, 2.45) is 5.11 Å². The minimum Gasteiger partial charge on any atom is -0.325 e. The first-order valence-electron chi connectivity index (χ1n) is 4.97. The summed E-state index contributed by atoms with van der Waals surface area (Å²) < 4.78 is 37.2. The molecule has 106 valence electrons. The third kappa shape index (κ3) is 4.15. The van der Waals surface area contributed by atoms with E-state index in [2.05, 4.69) is 10.0 Å². The maximum absolute atomic E-state index is 12.4. The van der Waals surface area contributed by atoms with Crippen molar-refractivity contribution in [1.82, 2.24) is 0 Å². The fourth-order valence-electron chi connectivity index (χ4n) is 1.25. The number of nitrogens with one attached hydrogen (secondary N) is 1. The molecule has 1 rings (SSSR count). The highest BCUT2D eigenvalue weighted by atomic mass is 35.5. The molecule has 0 atom stereocenters. The lowest BCUT2D eigenvalue weighted by Gasteiger charge is -2.11. The van der Waals surface area contributed by atoms with Crippen LogP contribution in [0.5, 0.6) is 0 Å². The van der Waals surface area contributed by atoms with Crippen LogP contribution in [0.4, 0.5) is 18.9 Å². The van der Waals surface area contributed by atoms with E-state index in [-0.39, 0.29) is 10.7 Å². The lowest BCUT2D eigenvalue weighted by molar-refractivity contribution is -0.114. The second kappa shape index (κ2) is 6.27. The summed E-state index contributed by atoms with van der Waals surface area (Å²) >= 11 is 5.53. The Kier molecular flexibility index (Phi) is 4.95. The summed E-state index contributed by atoms with van der Waals surface area (Å²) in [6.45, 7) is -0.612. The zero-order valence-electron chi connectivity index (χ0n) is 9.61. The second-order valence-electron chi connectivity index (χ2n) is 3.45.